The van der Waals surface area contributed by atoms with Gasteiger partial charge in [0, 0.05) is 33.0 Å². The predicted octanol–water partition coefficient (Wildman–Crippen LogP) is 13.6. The molecule has 9 aromatic carbocycles. The average molecular weight is 702 g/mol. The summed E-state index contributed by atoms with van der Waals surface area (Å²) in [5, 5.41) is 9.22. The predicted molar refractivity (Wildman–Crippen MR) is 227 cm³/mol. The zero-order valence-electron chi connectivity index (χ0n) is 29.6. The molecule has 2 heterocycles. The van der Waals surface area contributed by atoms with Crippen LogP contribution in [0.1, 0.15) is 0 Å². The van der Waals surface area contributed by atoms with Gasteiger partial charge in [-0.3, -0.25) is 0 Å². The number of furan rings is 1. The van der Waals surface area contributed by atoms with Crippen molar-refractivity contribution in [3.8, 4) is 56.4 Å². The summed E-state index contributed by atoms with van der Waals surface area (Å²) in [5.74, 6) is 1.82. The molecular weight excluding hydrogens is 671 g/mol. The van der Waals surface area contributed by atoms with Gasteiger partial charge in [0.1, 0.15) is 11.2 Å². The van der Waals surface area contributed by atoms with E-state index in [2.05, 4.69) is 140 Å². The summed E-state index contributed by atoms with van der Waals surface area (Å²) in [6.45, 7) is 0. The van der Waals surface area contributed by atoms with Gasteiger partial charge in [0.15, 0.2) is 17.5 Å². The minimum Gasteiger partial charge on any atom is -0.455 e. The first-order valence-corrected chi connectivity index (χ1v) is 18.5. The van der Waals surface area contributed by atoms with Crippen LogP contribution in [0, 0.1) is 0 Å². The summed E-state index contributed by atoms with van der Waals surface area (Å²) in [6, 6.07) is 65.7. The molecule has 11 aromatic rings. The van der Waals surface area contributed by atoms with Gasteiger partial charge in [-0.1, -0.05) is 164 Å². The van der Waals surface area contributed by atoms with Gasteiger partial charge in [0.2, 0.25) is 0 Å². The van der Waals surface area contributed by atoms with Crippen LogP contribution >= 0.6 is 0 Å². The van der Waals surface area contributed by atoms with E-state index < -0.39 is 0 Å². The Morgan fingerprint density at radius 2 is 0.873 bits per heavy atom. The molecule has 0 bridgehead atoms. The smallest absolute Gasteiger partial charge is 0.164 e. The van der Waals surface area contributed by atoms with Crippen LogP contribution in [-0.4, -0.2) is 15.0 Å². The summed E-state index contributed by atoms with van der Waals surface area (Å²) in [6.07, 6.45) is 0. The molecule has 4 nitrogen and oxygen atoms in total. The van der Waals surface area contributed by atoms with Crippen molar-refractivity contribution in [3.05, 3.63) is 188 Å². The highest BCUT2D eigenvalue weighted by Gasteiger charge is 2.22. The number of nitrogens with zero attached hydrogens (tertiary/aromatic N) is 3. The molecule has 0 aliphatic carbocycles. The third kappa shape index (κ3) is 5.19. The van der Waals surface area contributed by atoms with Crippen molar-refractivity contribution in [2.45, 2.75) is 0 Å². The maximum atomic E-state index is 6.77. The number of hydrogen-bond acceptors (Lipinski definition) is 4. The summed E-state index contributed by atoms with van der Waals surface area (Å²) >= 11 is 0. The molecule has 4 heteroatoms. The van der Waals surface area contributed by atoms with E-state index in [1.54, 1.807) is 0 Å². The SMILES string of the molecule is c1ccc(-c2nc(-c3ccc4ccc5c6ccccc6ccc5c4c3)nc(-c3ccc(-c4ccccc4-c4ccccc4)c4oc5ccccc5c34)n2)cc1. The highest BCUT2D eigenvalue weighted by Crippen LogP contribution is 2.44. The fourth-order valence-electron chi connectivity index (χ4n) is 8.11. The Morgan fingerprint density at radius 3 is 1.67 bits per heavy atom. The molecule has 0 saturated carbocycles. The maximum absolute atomic E-state index is 6.77. The van der Waals surface area contributed by atoms with Crippen LogP contribution in [0.15, 0.2) is 192 Å². The van der Waals surface area contributed by atoms with Crippen LogP contribution in [0.2, 0.25) is 0 Å². The van der Waals surface area contributed by atoms with E-state index >= 15 is 0 Å². The van der Waals surface area contributed by atoms with Crippen molar-refractivity contribution in [2.24, 2.45) is 0 Å². The number of hydrogen-bond donors (Lipinski definition) is 0. The third-order valence-electron chi connectivity index (χ3n) is 10.7. The van der Waals surface area contributed by atoms with E-state index in [9.17, 15) is 0 Å². The molecule has 0 saturated heterocycles. The molecule has 0 N–H and O–H groups in total. The number of para-hydroxylation sites is 1. The highest BCUT2D eigenvalue weighted by molar-refractivity contribution is 6.18. The standard InChI is InChI=1S/C51H31N3O/c1-3-13-32(14-4-1)37-19-9-10-20-39(37)42-29-30-44(47-43-21-11-12-22-46(43)55-48(42)47)51-53-49(35-16-5-2-6-17-35)52-50(54-51)36-24-23-34-26-27-40-38-18-8-7-15-33(38)25-28-41(40)45(34)31-36/h1-31H. The second kappa shape index (κ2) is 12.6. The quantitative estimate of drug-likeness (QED) is 0.168. The molecule has 2 aromatic heterocycles. The fourth-order valence-corrected chi connectivity index (χ4v) is 8.11. The lowest BCUT2D eigenvalue weighted by Gasteiger charge is -2.13. The molecule has 0 amide bonds. The van der Waals surface area contributed by atoms with Gasteiger partial charge in [-0.2, -0.15) is 0 Å². The van der Waals surface area contributed by atoms with Crippen molar-refractivity contribution in [1.82, 2.24) is 15.0 Å². The average Bonchev–Trinajstić information content (AvgIpc) is 3.66. The second-order valence-corrected chi connectivity index (χ2v) is 13.9. The molecule has 0 aliphatic heterocycles. The molecular formula is C51H31N3O. The number of aromatic nitrogens is 3. The van der Waals surface area contributed by atoms with Crippen molar-refractivity contribution in [1.29, 1.82) is 0 Å². The van der Waals surface area contributed by atoms with E-state index in [1.165, 1.54) is 26.9 Å². The van der Waals surface area contributed by atoms with Gasteiger partial charge in [-0.05, 0) is 73.3 Å². The first kappa shape index (κ1) is 31.1. The van der Waals surface area contributed by atoms with Gasteiger partial charge in [-0.25, -0.2) is 15.0 Å². The van der Waals surface area contributed by atoms with Gasteiger partial charge in [0.05, 0.1) is 0 Å². The molecule has 0 radical (unpaired) electrons. The first-order chi connectivity index (χ1) is 27.3. The van der Waals surface area contributed by atoms with Crippen LogP contribution in [0.25, 0.3) is 111 Å². The molecule has 0 fully saturated rings. The minimum atomic E-state index is 0.590. The lowest BCUT2D eigenvalue weighted by molar-refractivity contribution is 0.670. The molecule has 0 atom stereocenters. The highest BCUT2D eigenvalue weighted by atomic mass is 16.3. The Bertz CT molecular complexity index is 3260. The van der Waals surface area contributed by atoms with Crippen LogP contribution in [-0.2, 0) is 0 Å². The Labute approximate surface area is 317 Å². The van der Waals surface area contributed by atoms with Gasteiger partial charge in [-0.15, -0.1) is 0 Å². The Morgan fingerprint density at radius 1 is 0.309 bits per heavy atom. The lowest BCUT2D eigenvalue weighted by atomic mass is 9.92. The van der Waals surface area contributed by atoms with Crippen molar-refractivity contribution < 1.29 is 4.42 Å². The van der Waals surface area contributed by atoms with Gasteiger partial charge >= 0.3 is 0 Å². The maximum Gasteiger partial charge on any atom is 0.164 e. The van der Waals surface area contributed by atoms with Crippen molar-refractivity contribution in [2.75, 3.05) is 0 Å². The molecule has 0 aliphatic rings. The second-order valence-electron chi connectivity index (χ2n) is 13.9. The Hall–Kier alpha value is -7.43. The van der Waals surface area contributed by atoms with Crippen LogP contribution in [0.4, 0.5) is 0 Å². The zero-order valence-corrected chi connectivity index (χ0v) is 29.6. The molecule has 256 valence electrons. The summed E-state index contributed by atoms with van der Waals surface area (Å²) in [7, 11) is 0. The number of rotatable bonds is 5. The van der Waals surface area contributed by atoms with Gasteiger partial charge < -0.3 is 4.42 Å². The molecule has 0 spiro atoms. The Kier molecular flexibility index (Phi) is 7.14. The largest absolute Gasteiger partial charge is 0.455 e. The topological polar surface area (TPSA) is 51.8 Å². The normalized spacial score (nSPS) is 11.6. The van der Waals surface area contributed by atoms with Crippen LogP contribution in [0.5, 0.6) is 0 Å². The fraction of sp³-hybridized carbons (Fsp3) is 0. The Balaban J connectivity index is 1.16. The van der Waals surface area contributed by atoms with E-state index in [4.69, 9.17) is 19.4 Å². The monoisotopic (exact) mass is 701 g/mol. The van der Waals surface area contributed by atoms with Crippen LogP contribution < -0.4 is 0 Å². The lowest BCUT2D eigenvalue weighted by Crippen LogP contribution is -2.00. The molecule has 0 unspecified atom stereocenters. The molecule has 55 heavy (non-hydrogen) atoms. The van der Waals surface area contributed by atoms with Crippen LogP contribution in [0.3, 0.4) is 0 Å². The molecule has 11 rings (SSSR count). The van der Waals surface area contributed by atoms with Crippen molar-refractivity contribution >= 4 is 54.3 Å². The van der Waals surface area contributed by atoms with Crippen molar-refractivity contribution in [3.63, 3.8) is 0 Å². The summed E-state index contributed by atoms with van der Waals surface area (Å²) in [5.41, 5.74) is 8.76. The van der Waals surface area contributed by atoms with E-state index in [0.29, 0.717) is 17.5 Å². The number of benzene rings is 9. The van der Waals surface area contributed by atoms with E-state index in [1.807, 2.05) is 48.5 Å². The minimum absolute atomic E-state index is 0.590. The summed E-state index contributed by atoms with van der Waals surface area (Å²) in [4.78, 5) is 15.6. The number of fused-ring (bicyclic) bond motifs is 8. The van der Waals surface area contributed by atoms with E-state index in [0.717, 1.165) is 66.3 Å². The van der Waals surface area contributed by atoms with E-state index in [-0.39, 0.29) is 0 Å². The zero-order chi connectivity index (χ0) is 36.3. The first-order valence-electron chi connectivity index (χ1n) is 18.5. The summed E-state index contributed by atoms with van der Waals surface area (Å²) < 4.78 is 6.77. The third-order valence-corrected chi connectivity index (χ3v) is 10.7. The van der Waals surface area contributed by atoms with Gasteiger partial charge in [0.25, 0.3) is 0 Å².